The van der Waals surface area contributed by atoms with Gasteiger partial charge in [-0.15, -0.1) is 0 Å². The first kappa shape index (κ1) is 12.9. The van der Waals surface area contributed by atoms with Gasteiger partial charge in [0.1, 0.15) is 5.76 Å². The van der Waals surface area contributed by atoms with Crippen molar-refractivity contribution >= 4 is 38.9 Å². The Labute approximate surface area is 116 Å². The maximum atomic E-state index is 10.7. The molecule has 0 aliphatic carbocycles. The molecular weight excluding hydrogens is 323 g/mol. The normalized spacial score (nSPS) is 10.3. The third-order valence-electron chi connectivity index (χ3n) is 2.29. The minimum atomic E-state index is -0.468. The van der Waals surface area contributed by atoms with E-state index in [1.54, 1.807) is 12.3 Å². The molecule has 1 aromatic carbocycles. The molecule has 0 unspecified atom stereocenters. The second kappa shape index (κ2) is 5.41. The van der Waals surface area contributed by atoms with Crippen LogP contribution in [-0.2, 0) is 6.54 Å². The molecule has 18 heavy (non-hydrogen) atoms. The van der Waals surface area contributed by atoms with Crippen LogP contribution in [0.3, 0.4) is 0 Å². The zero-order chi connectivity index (χ0) is 13.1. The van der Waals surface area contributed by atoms with E-state index in [0.717, 1.165) is 4.47 Å². The van der Waals surface area contributed by atoms with E-state index in [0.29, 0.717) is 23.0 Å². The molecule has 0 bridgehead atoms. The number of nitro groups is 1. The number of non-ortho nitro benzene ring substituents is 1. The van der Waals surface area contributed by atoms with Crippen molar-refractivity contribution in [2.24, 2.45) is 0 Å². The lowest BCUT2D eigenvalue weighted by Crippen LogP contribution is -2.00. The maximum Gasteiger partial charge on any atom is 0.271 e. The first-order chi connectivity index (χ1) is 8.58. The first-order valence-corrected chi connectivity index (χ1v) is 6.14. The smallest absolute Gasteiger partial charge is 0.271 e. The average molecular weight is 332 g/mol. The molecule has 94 valence electrons. The molecule has 0 fully saturated rings. The van der Waals surface area contributed by atoms with Crippen molar-refractivity contribution in [3.63, 3.8) is 0 Å². The Bertz CT molecular complexity index is 585. The zero-order valence-electron chi connectivity index (χ0n) is 9.02. The highest BCUT2D eigenvalue weighted by Crippen LogP contribution is 2.28. The van der Waals surface area contributed by atoms with Gasteiger partial charge in [0.25, 0.3) is 5.69 Å². The van der Waals surface area contributed by atoms with Gasteiger partial charge in [-0.1, -0.05) is 11.6 Å². The fourth-order valence-corrected chi connectivity index (χ4v) is 1.91. The average Bonchev–Trinajstić information content (AvgIpc) is 2.73. The van der Waals surface area contributed by atoms with Crippen LogP contribution >= 0.6 is 27.5 Å². The van der Waals surface area contributed by atoms with Crippen molar-refractivity contribution in [2.45, 2.75) is 6.54 Å². The number of halogens is 2. The predicted molar refractivity (Wildman–Crippen MR) is 71.8 cm³/mol. The molecule has 2 aromatic rings. The van der Waals surface area contributed by atoms with E-state index in [1.807, 2.05) is 0 Å². The summed E-state index contributed by atoms with van der Waals surface area (Å²) in [5.41, 5.74) is 0.481. The Balaban J connectivity index is 2.16. The summed E-state index contributed by atoms with van der Waals surface area (Å²) in [7, 11) is 0. The SMILES string of the molecule is O=[N+]([O-])c1ccc(Cl)c(NCc2occc2Br)c1. The van der Waals surface area contributed by atoms with Gasteiger partial charge < -0.3 is 9.73 Å². The summed E-state index contributed by atoms with van der Waals surface area (Å²) >= 11 is 9.27. The molecule has 0 spiro atoms. The second-order valence-corrected chi connectivity index (χ2v) is 4.73. The van der Waals surface area contributed by atoms with Gasteiger partial charge in [0, 0.05) is 12.1 Å². The number of hydrogen-bond donors (Lipinski definition) is 1. The Kier molecular flexibility index (Phi) is 3.88. The molecule has 0 amide bonds. The second-order valence-electron chi connectivity index (χ2n) is 3.47. The molecule has 0 saturated carbocycles. The van der Waals surface area contributed by atoms with E-state index < -0.39 is 4.92 Å². The topological polar surface area (TPSA) is 68.3 Å². The Hall–Kier alpha value is -1.53. The lowest BCUT2D eigenvalue weighted by molar-refractivity contribution is -0.384. The monoisotopic (exact) mass is 330 g/mol. The van der Waals surface area contributed by atoms with Gasteiger partial charge in [0.2, 0.25) is 0 Å². The summed E-state index contributed by atoms with van der Waals surface area (Å²) in [6.45, 7) is 0.383. The summed E-state index contributed by atoms with van der Waals surface area (Å²) in [5, 5.41) is 14.1. The number of nitrogens with zero attached hydrogens (tertiary/aromatic N) is 1. The zero-order valence-corrected chi connectivity index (χ0v) is 11.4. The predicted octanol–water partition coefficient (Wildman–Crippen LogP) is 4.22. The van der Waals surface area contributed by atoms with Gasteiger partial charge >= 0.3 is 0 Å². The van der Waals surface area contributed by atoms with E-state index >= 15 is 0 Å². The maximum absolute atomic E-state index is 10.7. The lowest BCUT2D eigenvalue weighted by Gasteiger charge is -2.06. The lowest BCUT2D eigenvalue weighted by atomic mass is 10.2. The van der Waals surface area contributed by atoms with Crippen LogP contribution in [0.2, 0.25) is 5.02 Å². The number of hydrogen-bond acceptors (Lipinski definition) is 4. The van der Waals surface area contributed by atoms with Crippen LogP contribution in [-0.4, -0.2) is 4.92 Å². The third kappa shape index (κ3) is 2.83. The largest absolute Gasteiger partial charge is 0.466 e. The standard InChI is InChI=1S/C11H8BrClN2O3/c12-8-3-4-18-11(8)6-14-10-5-7(15(16)17)1-2-9(10)13/h1-5,14H,6H2. The quantitative estimate of drug-likeness (QED) is 0.673. The van der Waals surface area contributed by atoms with Crippen molar-refractivity contribution in [1.29, 1.82) is 0 Å². The van der Waals surface area contributed by atoms with Crippen LogP contribution < -0.4 is 5.32 Å². The fourth-order valence-electron chi connectivity index (χ4n) is 1.39. The van der Waals surface area contributed by atoms with Gasteiger partial charge in [0.05, 0.1) is 32.9 Å². The Morgan fingerprint density at radius 2 is 2.22 bits per heavy atom. The van der Waals surface area contributed by atoms with E-state index in [-0.39, 0.29) is 5.69 Å². The van der Waals surface area contributed by atoms with Gasteiger partial charge in [0.15, 0.2) is 0 Å². The Morgan fingerprint density at radius 3 is 2.83 bits per heavy atom. The highest BCUT2D eigenvalue weighted by Gasteiger charge is 2.10. The summed E-state index contributed by atoms with van der Waals surface area (Å²) in [4.78, 5) is 10.2. The summed E-state index contributed by atoms with van der Waals surface area (Å²) in [6.07, 6.45) is 1.55. The van der Waals surface area contributed by atoms with Crippen LogP contribution in [0.4, 0.5) is 11.4 Å². The first-order valence-electron chi connectivity index (χ1n) is 4.97. The third-order valence-corrected chi connectivity index (χ3v) is 3.33. The van der Waals surface area contributed by atoms with Crippen molar-refractivity contribution in [1.82, 2.24) is 0 Å². The summed E-state index contributed by atoms with van der Waals surface area (Å²) < 4.78 is 6.05. The molecule has 0 saturated heterocycles. The van der Waals surface area contributed by atoms with Gasteiger partial charge in [-0.2, -0.15) is 0 Å². The van der Waals surface area contributed by atoms with Gasteiger partial charge in [-0.3, -0.25) is 10.1 Å². The number of nitrogens with one attached hydrogen (secondary N) is 1. The highest BCUT2D eigenvalue weighted by molar-refractivity contribution is 9.10. The minimum absolute atomic E-state index is 0.0135. The molecule has 0 atom stereocenters. The molecule has 1 aromatic heterocycles. The molecule has 0 aliphatic rings. The van der Waals surface area contributed by atoms with Crippen LogP contribution in [0.15, 0.2) is 39.4 Å². The number of benzene rings is 1. The number of rotatable bonds is 4. The van der Waals surface area contributed by atoms with Crippen molar-refractivity contribution in [2.75, 3.05) is 5.32 Å². The molecule has 1 heterocycles. The van der Waals surface area contributed by atoms with Crippen LogP contribution in [0.5, 0.6) is 0 Å². The highest BCUT2D eigenvalue weighted by atomic mass is 79.9. The van der Waals surface area contributed by atoms with E-state index in [1.165, 1.54) is 18.2 Å². The van der Waals surface area contributed by atoms with E-state index in [2.05, 4.69) is 21.2 Å². The molecule has 2 rings (SSSR count). The van der Waals surface area contributed by atoms with Crippen LogP contribution in [0, 0.1) is 10.1 Å². The molecule has 0 radical (unpaired) electrons. The molecule has 5 nitrogen and oxygen atoms in total. The molecule has 7 heteroatoms. The molecule has 1 N–H and O–H groups in total. The van der Waals surface area contributed by atoms with Gasteiger partial charge in [-0.25, -0.2) is 0 Å². The summed E-state index contributed by atoms with van der Waals surface area (Å²) in [5.74, 6) is 0.692. The van der Waals surface area contributed by atoms with Crippen molar-refractivity contribution < 1.29 is 9.34 Å². The Morgan fingerprint density at radius 1 is 1.44 bits per heavy atom. The van der Waals surface area contributed by atoms with Gasteiger partial charge in [-0.05, 0) is 28.1 Å². The van der Waals surface area contributed by atoms with Crippen molar-refractivity contribution in [3.05, 3.63) is 55.9 Å². The van der Waals surface area contributed by atoms with Crippen LogP contribution in [0.25, 0.3) is 0 Å². The minimum Gasteiger partial charge on any atom is -0.466 e. The number of furan rings is 1. The van der Waals surface area contributed by atoms with Crippen molar-refractivity contribution in [3.8, 4) is 0 Å². The van der Waals surface area contributed by atoms with E-state index in [4.69, 9.17) is 16.0 Å². The number of nitro benzene ring substituents is 1. The summed E-state index contributed by atoms with van der Waals surface area (Å²) in [6, 6.07) is 6.00. The van der Waals surface area contributed by atoms with E-state index in [9.17, 15) is 10.1 Å². The fraction of sp³-hybridized carbons (Fsp3) is 0.0909. The number of anilines is 1. The molecule has 0 aliphatic heterocycles. The van der Waals surface area contributed by atoms with Crippen LogP contribution in [0.1, 0.15) is 5.76 Å². The molecular formula is C11H8BrClN2O3.